The number of para-hydroxylation sites is 1. The number of aliphatic hydroxyl groups excluding tert-OH is 1. The zero-order valence-electron chi connectivity index (χ0n) is 12.8. The van der Waals surface area contributed by atoms with Gasteiger partial charge in [-0.05, 0) is 30.0 Å². The van der Waals surface area contributed by atoms with Gasteiger partial charge in [-0.2, -0.15) is 0 Å². The van der Waals surface area contributed by atoms with Crippen LogP contribution in [0.5, 0.6) is 0 Å². The van der Waals surface area contributed by atoms with Crippen LogP contribution in [0.15, 0.2) is 51.0 Å². The SMILES string of the molecule is O=C1c2oc3ccccc3c(=O)c2C(c2cccs2)N1CCCO. The van der Waals surface area contributed by atoms with E-state index in [4.69, 9.17) is 9.52 Å². The first kappa shape index (κ1) is 15.1. The smallest absolute Gasteiger partial charge is 0.290 e. The van der Waals surface area contributed by atoms with E-state index in [-0.39, 0.29) is 23.7 Å². The number of rotatable bonds is 4. The fourth-order valence-electron chi connectivity index (χ4n) is 3.18. The van der Waals surface area contributed by atoms with E-state index >= 15 is 0 Å². The van der Waals surface area contributed by atoms with E-state index in [1.807, 2.05) is 17.5 Å². The van der Waals surface area contributed by atoms with Gasteiger partial charge in [0.15, 0.2) is 5.43 Å². The first-order chi connectivity index (χ1) is 11.7. The molecule has 3 heterocycles. The number of benzene rings is 1. The summed E-state index contributed by atoms with van der Waals surface area (Å²) in [6.45, 7) is 0.360. The number of hydrogen-bond acceptors (Lipinski definition) is 5. The van der Waals surface area contributed by atoms with Crippen molar-refractivity contribution in [2.75, 3.05) is 13.2 Å². The zero-order chi connectivity index (χ0) is 16.7. The average molecular weight is 341 g/mol. The van der Waals surface area contributed by atoms with Gasteiger partial charge in [0, 0.05) is 18.0 Å². The zero-order valence-corrected chi connectivity index (χ0v) is 13.6. The van der Waals surface area contributed by atoms with Crippen molar-refractivity contribution in [1.29, 1.82) is 0 Å². The second-order valence-electron chi connectivity index (χ2n) is 5.66. The maximum Gasteiger partial charge on any atom is 0.290 e. The maximum atomic E-state index is 13.0. The second kappa shape index (κ2) is 5.89. The molecule has 1 atom stereocenters. The lowest BCUT2D eigenvalue weighted by molar-refractivity contribution is 0.0718. The van der Waals surface area contributed by atoms with Crippen LogP contribution in [0.1, 0.15) is 33.5 Å². The minimum atomic E-state index is -0.445. The van der Waals surface area contributed by atoms with E-state index in [0.717, 1.165) is 4.88 Å². The standard InChI is InChI=1S/C18H15NO4S/c20-9-4-8-19-15(13-7-3-10-24-13)14-16(21)11-5-1-2-6-12(11)23-17(14)18(19)22/h1-3,5-7,10,15,20H,4,8-9H2. The Morgan fingerprint density at radius 2 is 2.00 bits per heavy atom. The molecule has 1 unspecified atom stereocenters. The van der Waals surface area contributed by atoms with Crippen molar-refractivity contribution >= 4 is 28.2 Å². The summed E-state index contributed by atoms with van der Waals surface area (Å²) in [4.78, 5) is 28.4. The minimum absolute atomic E-state index is 0.0133. The molecule has 0 spiro atoms. The van der Waals surface area contributed by atoms with Gasteiger partial charge in [-0.15, -0.1) is 11.3 Å². The summed E-state index contributed by atoms with van der Waals surface area (Å²) in [7, 11) is 0. The van der Waals surface area contributed by atoms with Gasteiger partial charge in [-0.1, -0.05) is 18.2 Å². The largest absolute Gasteiger partial charge is 0.450 e. The molecule has 0 fully saturated rings. The van der Waals surface area contributed by atoms with E-state index in [1.165, 1.54) is 11.3 Å². The number of carbonyl (C=O) groups excluding carboxylic acids is 1. The molecule has 1 aliphatic heterocycles. The van der Waals surface area contributed by atoms with Crippen molar-refractivity contribution in [2.24, 2.45) is 0 Å². The van der Waals surface area contributed by atoms with Gasteiger partial charge < -0.3 is 14.4 Å². The third kappa shape index (κ3) is 2.18. The van der Waals surface area contributed by atoms with Crippen LogP contribution in [0.2, 0.25) is 0 Å². The molecule has 0 aliphatic carbocycles. The summed E-state index contributed by atoms with van der Waals surface area (Å²) in [6.07, 6.45) is 0.454. The van der Waals surface area contributed by atoms with Crippen molar-refractivity contribution in [3.63, 3.8) is 0 Å². The fourth-order valence-corrected chi connectivity index (χ4v) is 4.03. The molecule has 0 bridgehead atoms. The molecule has 0 saturated carbocycles. The van der Waals surface area contributed by atoms with Gasteiger partial charge >= 0.3 is 0 Å². The number of carbonyl (C=O) groups is 1. The highest BCUT2D eigenvalue weighted by atomic mass is 32.1. The lowest BCUT2D eigenvalue weighted by Gasteiger charge is -2.23. The van der Waals surface area contributed by atoms with Crippen LogP contribution in [0.25, 0.3) is 11.0 Å². The predicted octanol–water partition coefficient (Wildman–Crippen LogP) is 2.78. The van der Waals surface area contributed by atoms with Crippen LogP contribution >= 0.6 is 11.3 Å². The molecule has 0 saturated heterocycles. The van der Waals surface area contributed by atoms with E-state index in [0.29, 0.717) is 29.5 Å². The van der Waals surface area contributed by atoms with Crippen molar-refractivity contribution in [2.45, 2.75) is 12.5 Å². The summed E-state index contributed by atoms with van der Waals surface area (Å²) >= 11 is 1.50. The summed E-state index contributed by atoms with van der Waals surface area (Å²) in [5.74, 6) is -0.172. The Morgan fingerprint density at radius 1 is 1.17 bits per heavy atom. The van der Waals surface area contributed by atoms with Gasteiger partial charge in [-0.3, -0.25) is 9.59 Å². The maximum absolute atomic E-state index is 13.0. The highest BCUT2D eigenvalue weighted by Crippen LogP contribution is 2.39. The molecule has 0 radical (unpaired) electrons. The Kier molecular flexibility index (Phi) is 3.70. The molecular formula is C18H15NO4S. The highest BCUT2D eigenvalue weighted by molar-refractivity contribution is 7.10. The van der Waals surface area contributed by atoms with Gasteiger partial charge in [0.2, 0.25) is 5.76 Å². The Balaban J connectivity index is 1.97. The third-order valence-corrected chi connectivity index (χ3v) is 5.17. The second-order valence-corrected chi connectivity index (χ2v) is 6.64. The number of nitrogens with zero attached hydrogens (tertiary/aromatic N) is 1. The number of amides is 1. The number of aliphatic hydroxyl groups is 1. The number of thiophene rings is 1. The van der Waals surface area contributed by atoms with Gasteiger partial charge in [0.1, 0.15) is 5.58 Å². The molecule has 1 amide bonds. The molecule has 1 aliphatic rings. The van der Waals surface area contributed by atoms with Crippen molar-refractivity contribution < 1.29 is 14.3 Å². The molecule has 4 rings (SSSR count). The Labute approximate surface area is 141 Å². The van der Waals surface area contributed by atoms with Crippen molar-refractivity contribution in [3.05, 3.63) is 68.2 Å². The molecule has 1 aromatic carbocycles. The molecule has 1 N–H and O–H groups in total. The Hall–Kier alpha value is -2.44. The van der Waals surface area contributed by atoms with Crippen molar-refractivity contribution in [1.82, 2.24) is 4.90 Å². The first-order valence-electron chi connectivity index (χ1n) is 7.73. The summed E-state index contributed by atoms with van der Waals surface area (Å²) < 4.78 is 5.79. The van der Waals surface area contributed by atoms with E-state index < -0.39 is 6.04 Å². The highest BCUT2D eigenvalue weighted by Gasteiger charge is 2.42. The summed E-state index contributed by atoms with van der Waals surface area (Å²) in [6, 6.07) is 10.3. The predicted molar refractivity (Wildman–Crippen MR) is 91.4 cm³/mol. The Morgan fingerprint density at radius 3 is 2.75 bits per heavy atom. The van der Waals surface area contributed by atoms with Gasteiger partial charge in [-0.25, -0.2) is 0 Å². The van der Waals surface area contributed by atoms with Crippen LogP contribution in [-0.2, 0) is 0 Å². The number of hydrogen-bond donors (Lipinski definition) is 1. The third-order valence-electron chi connectivity index (χ3n) is 4.24. The van der Waals surface area contributed by atoms with E-state index in [1.54, 1.807) is 29.2 Å². The van der Waals surface area contributed by atoms with Gasteiger partial charge in [0.25, 0.3) is 5.91 Å². The summed E-state index contributed by atoms with van der Waals surface area (Å²) in [5.41, 5.74) is 0.660. The molecule has 6 heteroatoms. The first-order valence-corrected chi connectivity index (χ1v) is 8.61. The van der Waals surface area contributed by atoms with E-state index in [2.05, 4.69) is 0 Å². The lowest BCUT2D eigenvalue weighted by atomic mass is 10.0. The monoisotopic (exact) mass is 341 g/mol. The van der Waals surface area contributed by atoms with Crippen LogP contribution in [-0.4, -0.2) is 29.1 Å². The molecule has 122 valence electrons. The molecule has 5 nitrogen and oxygen atoms in total. The Bertz CT molecular complexity index is 961. The van der Waals surface area contributed by atoms with Crippen molar-refractivity contribution in [3.8, 4) is 0 Å². The van der Waals surface area contributed by atoms with Crippen LogP contribution in [0.3, 0.4) is 0 Å². The molecular weight excluding hydrogens is 326 g/mol. The minimum Gasteiger partial charge on any atom is -0.450 e. The van der Waals surface area contributed by atoms with Crippen LogP contribution < -0.4 is 5.43 Å². The average Bonchev–Trinajstić information content (AvgIpc) is 3.21. The van der Waals surface area contributed by atoms with Crippen LogP contribution in [0, 0.1) is 0 Å². The van der Waals surface area contributed by atoms with E-state index in [9.17, 15) is 9.59 Å². The van der Waals surface area contributed by atoms with Crippen LogP contribution in [0.4, 0.5) is 0 Å². The normalized spacial score (nSPS) is 16.8. The topological polar surface area (TPSA) is 70.8 Å². The quantitative estimate of drug-likeness (QED) is 0.792. The molecule has 24 heavy (non-hydrogen) atoms. The van der Waals surface area contributed by atoms with Gasteiger partial charge in [0.05, 0.1) is 17.0 Å². The molecule has 2 aromatic heterocycles. The molecule has 3 aromatic rings. The summed E-state index contributed by atoms with van der Waals surface area (Å²) in [5, 5.41) is 11.5. The fraction of sp³-hybridized carbons (Fsp3) is 0.222. The number of fused-ring (bicyclic) bond motifs is 2. The lowest BCUT2D eigenvalue weighted by Crippen LogP contribution is -2.30.